The zero-order chi connectivity index (χ0) is 24.7. The van der Waals surface area contributed by atoms with Crippen LogP contribution in [-0.4, -0.2) is 43.7 Å². The van der Waals surface area contributed by atoms with Gasteiger partial charge in [-0.05, 0) is 43.9 Å². The number of anilines is 2. The van der Waals surface area contributed by atoms with Crippen molar-refractivity contribution in [3.8, 4) is 11.4 Å². The lowest BCUT2D eigenvalue weighted by molar-refractivity contribution is -0.171. The van der Waals surface area contributed by atoms with Crippen molar-refractivity contribution in [1.82, 2.24) is 15.0 Å². The van der Waals surface area contributed by atoms with Gasteiger partial charge < -0.3 is 26.6 Å². The number of amides is 1. The lowest BCUT2D eigenvalue weighted by atomic mass is 9.83. The summed E-state index contributed by atoms with van der Waals surface area (Å²) in [7, 11) is 0. The summed E-state index contributed by atoms with van der Waals surface area (Å²) in [6, 6.07) is 4.58. The summed E-state index contributed by atoms with van der Waals surface area (Å²) >= 11 is 0. The molecule has 35 heavy (non-hydrogen) atoms. The van der Waals surface area contributed by atoms with E-state index >= 15 is 0 Å². The number of halogens is 2. The van der Waals surface area contributed by atoms with Crippen LogP contribution in [0.15, 0.2) is 42.9 Å². The van der Waals surface area contributed by atoms with Gasteiger partial charge in [0.25, 0.3) is 5.91 Å². The first-order valence-corrected chi connectivity index (χ1v) is 11.2. The van der Waals surface area contributed by atoms with Gasteiger partial charge in [0.1, 0.15) is 17.2 Å². The maximum atomic E-state index is 14.2. The van der Waals surface area contributed by atoms with E-state index in [1.54, 1.807) is 12.3 Å². The van der Waals surface area contributed by atoms with Crippen molar-refractivity contribution in [2.75, 3.05) is 11.1 Å². The van der Waals surface area contributed by atoms with E-state index in [0.717, 1.165) is 24.8 Å². The molecule has 6 N–H and O–H groups in total. The summed E-state index contributed by atoms with van der Waals surface area (Å²) in [5.74, 6) is -2.76. The fourth-order valence-corrected chi connectivity index (χ4v) is 4.86. The highest BCUT2D eigenvalue weighted by Gasteiger charge is 2.51. The minimum Gasteiger partial charge on any atom is -0.396 e. The normalized spacial score (nSPS) is 25.8. The molecule has 5 rings (SSSR count). The Balaban J connectivity index is 1.43. The summed E-state index contributed by atoms with van der Waals surface area (Å²) in [4.78, 5) is 25.1. The summed E-state index contributed by atoms with van der Waals surface area (Å²) in [6.07, 6.45) is 5.72. The van der Waals surface area contributed by atoms with Gasteiger partial charge in [-0.2, -0.15) is 0 Å². The third kappa shape index (κ3) is 4.11. The Hall–Kier alpha value is -3.54. The van der Waals surface area contributed by atoms with Gasteiger partial charge in [-0.3, -0.25) is 9.78 Å². The number of nitrogen functional groups attached to an aromatic ring is 1. The molecule has 0 unspecified atom stereocenters. The topological polar surface area (TPSA) is 149 Å². The second kappa shape index (κ2) is 8.91. The molecule has 1 aliphatic heterocycles. The highest BCUT2D eigenvalue weighted by Crippen LogP contribution is 2.45. The fraction of sp³-hybridized carbons (Fsp3) is 0.333. The summed E-state index contributed by atoms with van der Waals surface area (Å²) in [5.41, 5.74) is 11.4. The molecule has 1 aliphatic carbocycles. The van der Waals surface area contributed by atoms with Crippen molar-refractivity contribution >= 4 is 17.3 Å². The number of benzene rings is 1. The molecule has 9 nitrogen and oxygen atoms in total. The Morgan fingerprint density at radius 3 is 2.77 bits per heavy atom. The van der Waals surface area contributed by atoms with Crippen molar-refractivity contribution in [3.63, 3.8) is 0 Å². The van der Waals surface area contributed by atoms with Crippen LogP contribution in [0.25, 0.3) is 11.4 Å². The lowest BCUT2D eigenvalue weighted by Crippen LogP contribution is -2.58. The number of aromatic nitrogens is 3. The Kier molecular flexibility index (Phi) is 5.91. The number of hydrogen-bond acceptors (Lipinski definition) is 8. The van der Waals surface area contributed by atoms with Gasteiger partial charge in [-0.25, -0.2) is 18.7 Å². The molecule has 182 valence electrons. The van der Waals surface area contributed by atoms with E-state index in [9.17, 15) is 18.7 Å². The van der Waals surface area contributed by atoms with E-state index in [0.29, 0.717) is 30.5 Å². The number of ether oxygens (including phenoxy) is 1. The monoisotopic (exact) mass is 482 g/mol. The van der Waals surface area contributed by atoms with Crippen LogP contribution in [0.3, 0.4) is 0 Å². The number of carbonyl (C=O) groups excluding carboxylic acids is 1. The maximum absolute atomic E-state index is 14.2. The molecule has 1 saturated carbocycles. The molecule has 1 saturated heterocycles. The number of nitrogens with zero attached hydrogens (tertiary/aromatic N) is 3. The number of hydrogen-bond donors (Lipinski definition) is 4. The Bertz CT molecular complexity index is 1270. The maximum Gasteiger partial charge on any atom is 0.276 e. The van der Waals surface area contributed by atoms with E-state index in [4.69, 9.17) is 16.2 Å². The molecular weight excluding hydrogens is 458 g/mol. The molecule has 0 bridgehead atoms. The van der Waals surface area contributed by atoms with E-state index in [2.05, 4.69) is 20.3 Å². The molecule has 2 aliphatic rings. The highest BCUT2D eigenvalue weighted by molar-refractivity contribution is 6.06. The van der Waals surface area contributed by atoms with Crippen LogP contribution in [0.5, 0.6) is 0 Å². The highest BCUT2D eigenvalue weighted by atomic mass is 19.1. The molecule has 0 radical (unpaired) electrons. The molecule has 2 fully saturated rings. The fourth-order valence-electron chi connectivity index (χ4n) is 4.86. The molecule has 11 heteroatoms. The number of pyridine rings is 1. The van der Waals surface area contributed by atoms with Crippen molar-refractivity contribution < 1.29 is 23.4 Å². The molecule has 0 spiro atoms. The van der Waals surface area contributed by atoms with Crippen LogP contribution in [0.4, 0.5) is 20.2 Å². The molecule has 2 aromatic heterocycles. The van der Waals surface area contributed by atoms with Crippen LogP contribution in [0.1, 0.15) is 47.8 Å². The smallest absolute Gasteiger partial charge is 0.276 e. The van der Waals surface area contributed by atoms with Crippen LogP contribution in [-0.2, 0) is 4.74 Å². The van der Waals surface area contributed by atoms with Crippen LogP contribution < -0.4 is 16.8 Å². The van der Waals surface area contributed by atoms with Gasteiger partial charge in [0.05, 0.1) is 41.5 Å². The standard InChI is InChI=1S/C24H24F2N6O3/c25-13-3-1-4-14(26)20(13)22-30-10-15(27)21(32-22)23(33)31-16-11-29-8-6-12(16)17-9-18(28)24(34)7-2-5-19(24)35-17/h1,3-4,6,8,10-11,17-19,34H,2,5,7,9,27-28H2,(H,31,33)/t17-,18-,19-,24+/m0/s1. The first-order chi connectivity index (χ1) is 16.8. The summed E-state index contributed by atoms with van der Waals surface area (Å²) in [5, 5.41) is 13.6. The van der Waals surface area contributed by atoms with Gasteiger partial charge in [0.2, 0.25) is 0 Å². The van der Waals surface area contributed by atoms with Gasteiger partial charge in [-0.15, -0.1) is 0 Å². The molecule has 1 aromatic carbocycles. The van der Waals surface area contributed by atoms with Crippen molar-refractivity contribution in [3.05, 3.63) is 65.7 Å². The first kappa shape index (κ1) is 23.2. The van der Waals surface area contributed by atoms with Gasteiger partial charge >= 0.3 is 0 Å². The molecule has 4 atom stereocenters. The molecular formula is C24H24F2N6O3. The van der Waals surface area contributed by atoms with E-state index < -0.39 is 47.0 Å². The zero-order valence-electron chi connectivity index (χ0n) is 18.6. The molecule has 1 amide bonds. The molecule has 3 aromatic rings. The van der Waals surface area contributed by atoms with E-state index in [1.165, 1.54) is 12.3 Å². The predicted molar refractivity (Wildman–Crippen MR) is 123 cm³/mol. The number of nitrogens with one attached hydrogen (secondary N) is 1. The van der Waals surface area contributed by atoms with Gasteiger partial charge in [0, 0.05) is 17.8 Å². The van der Waals surface area contributed by atoms with Crippen molar-refractivity contribution in [2.24, 2.45) is 5.73 Å². The van der Waals surface area contributed by atoms with Crippen molar-refractivity contribution in [2.45, 2.75) is 49.5 Å². The zero-order valence-corrected chi connectivity index (χ0v) is 18.6. The number of carbonyl (C=O) groups is 1. The minimum atomic E-state index is -1.05. The number of nitrogens with two attached hydrogens (primary N) is 2. The quantitative estimate of drug-likeness (QED) is 0.443. The van der Waals surface area contributed by atoms with Gasteiger partial charge in [0.15, 0.2) is 11.5 Å². The van der Waals surface area contributed by atoms with E-state index in [1.807, 2.05) is 0 Å². The largest absolute Gasteiger partial charge is 0.396 e. The van der Waals surface area contributed by atoms with Crippen molar-refractivity contribution in [1.29, 1.82) is 0 Å². The average Bonchev–Trinajstić information content (AvgIpc) is 3.22. The minimum absolute atomic E-state index is 0.0691. The second-order valence-electron chi connectivity index (χ2n) is 8.85. The SMILES string of the molecule is Nc1cnc(-c2c(F)cccc2F)nc1C(=O)Nc1cnccc1[C@@H]1C[C@H](N)[C@]2(O)CCC[C@@H]2O1. The van der Waals surface area contributed by atoms with Crippen LogP contribution >= 0.6 is 0 Å². The van der Waals surface area contributed by atoms with E-state index in [-0.39, 0.29) is 17.2 Å². The number of rotatable bonds is 4. The third-order valence-corrected chi connectivity index (χ3v) is 6.71. The predicted octanol–water partition coefficient (Wildman–Crippen LogP) is 2.72. The van der Waals surface area contributed by atoms with Crippen LogP contribution in [0, 0.1) is 11.6 Å². The average molecular weight is 482 g/mol. The third-order valence-electron chi connectivity index (χ3n) is 6.71. The Morgan fingerprint density at radius 2 is 2.00 bits per heavy atom. The summed E-state index contributed by atoms with van der Waals surface area (Å²) in [6.45, 7) is 0. The Morgan fingerprint density at radius 1 is 1.23 bits per heavy atom. The number of aliphatic hydroxyl groups is 1. The van der Waals surface area contributed by atoms with Crippen LogP contribution in [0.2, 0.25) is 0 Å². The first-order valence-electron chi connectivity index (χ1n) is 11.2. The number of fused-ring (bicyclic) bond motifs is 1. The Labute approximate surface area is 199 Å². The second-order valence-corrected chi connectivity index (χ2v) is 8.85. The van der Waals surface area contributed by atoms with Gasteiger partial charge in [-0.1, -0.05) is 6.07 Å². The summed E-state index contributed by atoms with van der Waals surface area (Å²) < 4.78 is 34.6. The lowest BCUT2D eigenvalue weighted by Gasteiger charge is -2.43. The molecule has 3 heterocycles.